The van der Waals surface area contributed by atoms with Crippen LogP contribution in [0.5, 0.6) is 0 Å². The molecule has 4 saturated carbocycles. The van der Waals surface area contributed by atoms with Crippen LogP contribution in [0.15, 0.2) is 11.6 Å². The molecule has 8 rings (SSSR count). The third kappa shape index (κ3) is 6.95. The molecule has 21 atom stereocenters. The van der Waals surface area contributed by atoms with Crippen molar-refractivity contribution < 1.29 is 68.6 Å². The second-order valence-corrected chi connectivity index (χ2v) is 18.8. The first-order valence-corrected chi connectivity index (χ1v) is 20.9. The Hall–Kier alpha value is -1.27. The molecule has 312 valence electrons. The Morgan fingerprint density at radius 2 is 1.29 bits per heavy atom. The van der Waals surface area contributed by atoms with Crippen LogP contribution < -0.4 is 0 Å². The molecule has 0 aromatic heterocycles. The summed E-state index contributed by atoms with van der Waals surface area (Å²) in [6, 6.07) is 0. The Bertz CT molecular complexity index is 1410. The van der Waals surface area contributed by atoms with Crippen molar-refractivity contribution in [2.24, 2.45) is 34.5 Å². The van der Waals surface area contributed by atoms with Gasteiger partial charge in [-0.25, -0.2) is 4.79 Å². The molecule has 6 N–H and O–H groups in total. The first-order valence-electron chi connectivity index (χ1n) is 20.9. The van der Waals surface area contributed by atoms with E-state index >= 15 is 0 Å². The number of carbonyl (C=O) groups is 1. The Kier molecular flexibility index (Phi) is 11.1. The van der Waals surface area contributed by atoms with Crippen LogP contribution in [-0.4, -0.2) is 135 Å². The summed E-state index contributed by atoms with van der Waals surface area (Å²) in [5, 5.41) is 66.9. The average molecular weight is 781 g/mol. The van der Waals surface area contributed by atoms with Crippen LogP contribution in [-0.2, 0) is 38.0 Å². The molecule has 55 heavy (non-hydrogen) atoms. The Morgan fingerprint density at radius 3 is 1.87 bits per heavy atom. The van der Waals surface area contributed by atoms with Gasteiger partial charge in [0.15, 0.2) is 18.9 Å². The summed E-state index contributed by atoms with van der Waals surface area (Å²) in [5.41, 5.74) is -0.892. The van der Waals surface area contributed by atoms with Crippen molar-refractivity contribution in [3.05, 3.63) is 11.6 Å². The number of aliphatic hydroxyl groups is 6. The predicted octanol–water partition coefficient (Wildman–Crippen LogP) is 2.22. The molecule has 7 fully saturated rings. The summed E-state index contributed by atoms with van der Waals surface area (Å²) in [5.74, 6) is 0.204. The molecule has 0 aromatic carbocycles. The molecule has 4 aliphatic carbocycles. The van der Waals surface area contributed by atoms with Crippen molar-refractivity contribution in [3.63, 3.8) is 0 Å². The highest BCUT2D eigenvalue weighted by atomic mass is 16.7. The normalized spacial score (nSPS) is 55.5. The fourth-order valence-corrected chi connectivity index (χ4v) is 12.8. The summed E-state index contributed by atoms with van der Waals surface area (Å²) in [7, 11) is 0. The highest BCUT2D eigenvalue weighted by Crippen LogP contribution is 2.70. The van der Waals surface area contributed by atoms with Crippen molar-refractivity contribution in [3.8, 4) is 0 Å². The van der Waals surface area contributed by atoms with Crippen molar-refractivity contribution in [2.45, 2.75) is 197 Å². The summed E-state index contributed by atoms with van der Waals surface area (Å²) in [6.07, 6.45) is -1.51. The van der Waals surface area contributed by atoms with Gasteiger partial charge in [-0.15, -0.1) is 0 Å². The van der Waals surface area contributed by atoms with E-state index in [1.165, 1.54) is 0 Å². The van der Waals surface area contributed by atoms with Crippen LogP contribution in [0.4, 0.5) is 0 Å². The van der Waals surface area contributed by atoms with E-state index in [4.69, 9.17) is 33.2 Å². The molecule has 14 nitrogen and oxygen atoms in total. The standard InChI is InChI=1S/C41H64O14/c1-19-36(47)28(42)15-34(50-19)54-38-21(3)52-35(17-30(38)44)55-37-20(2)51-33(16-29(37)43)53-24-8-10-39(4)23(13-24)6-7-26-27(39)14-31(45)40(5)25(9-11-41(26,40)48)22-12-32(46)49-18-22/h12,19-21,23-31,33-38,42-45,47-48H,6-11,13-18H2,1-5H3/t19?,20?,21?,23?,24?,25-,26?,27+,28+,29+,30+,31?,33+,34+,35+,36-,37-,38-,39?,40?,41?/m1/s1. The zero-order valence-electron chi connectivity index (χ0n) is 32.9. The van der Waals surface area contributed by atoms with E-state index < -0.39 is 90.9 Å². The van der Waals surface area contributed by atoms with Gasteiger partial charge in [0.25, 0.3) is 0 Å². The molecule has 0 bridgehead atoms. The van der Waals surface area contributed by atoms with Gasteiger partial charge in [0.1, 0.15) is 24.9 Å². The van der Waals surface area contributed by atoms with E-state index in [1.54, 1.807) is 19.9 Å². The molecule has 0 spiro atoms. The van der Waals surface area contributed by atoms with Gasteiger partial charge in [-0.3, -0.25) is 0 Å². The Labute approximate surface area is 323 Å². The largest absolute Gasteiger partial charge is 0.458 e. The third-order valence-electron chi connectivity index (χ3n) is 16.0. The van der Waals surface area contributed by atoms with E-state index in [0.29, 0.717) is 18.8 Å². The van der Waals surface area contributed by atoms with Crippen molar-refractivity contribution in [1.82, 2.24) is 0 Å². The number of rotatable bonds is 7. The molecule has 4 aliphatic heterocycles. The minimum absolute atomic E-state index is 0.0452. The number of hydrogen-bond donors (Lipinski definition) is 6. The maximum absolute atomic E-state index is 12.6. The van der Waals surface area contributed by atoms with E-state index in [9.17, 15) is 35.4 Å². The lowest BCUT2D eigenvalue weighted by atomic mass is 9.42. The Balaban J connectivity index is 0.837. The third-order valence-corrected chi connectivity index (χ3v) is 16.0. The van der Waals surface area contributed by atoms with Crippen LogP contribution in [0.3, 0.4) is 0 Å². The van der Waals surface area contributed by atoms with Gasteiger partial charge in [-0.2, -0.15) is 0 Å². The minimum Gasteiger partial charge on any atom is -0.458 e. The summed E-state index contributed by atoms with van der Waals surface area (Å²) < 4.78 is 42.1. The lowest BCUT2D eigenvalue weighted by Gasteiger charge is -2.65. The van der Waals surface area contributed by atoms with Crippen LogP contribution in [0.25, 0.3) is 0 Å². The van der Waals surface area contributed by atoms with E-state index in [1.807, 2.05) is 13.8 Å². The first kappa shape index (κ1) is 40.5. The molecular weight excluding hydrogens is 716 g/mol. The maximum atomic E-state index is 12.6. The monoisotopic (exact) mass is 780 g/mol. The van der Waals surface area contributed by atoms with E-state index in [-0.39, 0.29) is 61.1 Å². The maximum Gasteiger partial charge on any atom is 0.331 e. The molecular formula is C41H64O14. The van der Waals surface area contributed by atoms with Gasteiger partial charge < -0.3 is 63.8 Å². The average Bonchev–Trinajstić information content (AvgIpc) is 3.67. The van der Waals surface area contributed by atoms with Crippen molar-refractivity contribution >= 4 is 5.97 Å². The smallest absolute Gasteiger partial charge is 0.331 e. The molecule has 0 radical (unpaired) electrons. The van der Waals surface area contributed by atoms with Crippen LogP contribution in [0.2, 0.25) is 0 Å². The molecule has 3 saturated heterocycles. The van der Waals surface area contributed by atoms with Crippen LogP contribution in [0.1, 0.15) is 105 Å². The van der Waals surface area contributed by atoms with E-state index in [2.05, 4.69) is 6.92 Å². The zero-order chi connectivity index (χ0) is 39.2. The van der Waals surface area contributed by atoms with Gasteiger partial charge in [-0.1, -0.05) is 13.8 Å². The summed E-state index contributed by atoms with van der Waals surface area (Å²) in [4.78, 5) is 11.9. The van der Waals surface area contributed by atoms with Gasteiger partial charge in [0.2, 0.25) is 0 Å². The van der Waals surface area contributed by atoms with E-state index in [0.717, 1.165) is 44.1 Å². The SMILES string of the molecule is CC1O[C@@H](O[C@@H]2C(C)O[C@@H](O[C@@H]3C(C)O[C@@H](OC4CCC5(C)C(CCC6[C@@H]5CC(O)C5(C)[C@@H](C7=CC(=O)OC7)CCC65O)C4)C[C@@H]3O)C[C@@H]2O)C[C@H](O)[C@@H]1O. The zero-order valence-corrected chi connectivity index (χ0v) is 32.9. The quantitative estimate of drug-likeness (QED) is 0.162. The van der Waals surface area contributed by atoms with Gasteiger partial charge in [0, 0.05) is 30.8 Å². The molecule has 0 amide bonds. The fourth-order valence-electron chi connectivity index (χ4n) is 12.8. The topological polar surface area (TPSA) is 203 Å². The number of ether oxygens (including phenoxy) is 7. The molecule has 4 heterocycles. The fraction of sp³-hybridized carbons (Fsp3) is 0.927. The van der Waals surface area contributed by atoms with Gasteiger partial charge in [0.05, 0.1) is 54.4 Å². The minimum atomic E-state index is -1.01. The van der Waals surface area contributed by atoms with Crippen LogP contribution in [0, 0.1) is 34.5 Å². The summed E-state index contributed by atoms with van der Waals surface area (Å²) in [6.45, 7) is 9.90. The number of cyclic esters (lactones) is 1. The Morgan fingerprint density at radius 1 is 0.691 bits per heavy atom. The van der Waals surface area contributed by atoms with Gasteiger partial charge >= 0.3 is 5.97 Å². The van der Waals surface area contributed by atoms with Crippen molar-refractivity contribution in [1.29, 1.82) is 0 Å². The molecule has 0 aromatic rings. The number of carbonyl (C=O) groups excluding carboxylic acids is 1. The van der Waals surface area contributed by atoms with Crippen molar-refractivity contribution in [2.75, 3.05) is 6.61 Å². The second-order valence-electron chi connectivity index (χ2n) is 18.8. The number of esters is 1. The first-order chi connectivity index (χ1) is 26.0. The highest BCUT2D eigenvalue weighted by molar-refractivity contribution is 5.85. The van der Waals surface area contributed by atoms with Crippen LogP contribution >= 0.6 is 0 Å². The predicted molar refractivity (Wildman–Crippen MR) is 193 cm³/mol. The number of aliphatic hydroxyl groups excluding tert-OH is 5. The number of fused-ring (bicyclic) bond motifs is 5. The molecule has 14 heteroatoms. The lowest BCUT2D eigenvalue weighted by molar-refractivity contribution is -0.336. The molecule has 8 aliphatic rings. The van der Waals surface area contributed by atoms with Gasteiger partial charge in [-0.05, 0) is 107 Å². The summed E-state index contributed by atoms with van der Waals surface area (Å²) >= 11 is 0. The highest BCUT2D eigenvalue weighted by Gasteiger charge is 2.71. The molecule has 10 unspecified atom stereocenters. The lowest BCUT2D eigenvalue weighted by Crippen LogP contribution is -2.67. The second kappa shape index (κ2) is 15.1. The number of hydrogen-bond acceptors (Lipinski definition) is 14.